The number of nitrogens with zero attached hydrogens (tertiary/aromatic N) is 4. The maximum Gasteiger partial charge on any atom is 0.325 e. The number of aryl methyl sites for hydroxylation is 2. The third-order valence-electron chi connectivity index (χ3n) is 8.40. The number of methoxy groups -OCH3 is 2. The highest BCUT2D eigenvalue weighted by atomic mass is 16.5. The Morgan fingerprint density at radius 3 is 2.56 bits per heavy atom. The van der Waals surface area contributed by atoms with Crippen LogP contribution in [0, 0.1) is 19.8 Å². The molecule has 1 aromatic rings. The number of amides is 3. The number of carbonyl (C=O) groups excluding carboxylic acids is 2. The van der Waals surface area contributed by atoms with Gasteiger partial charge in [0, 0.05) is 44.8 Å². The molecular formula is C27H36N4O5. The van der Waals surface area contributed by atoms with Crippen LogP contribution >= 0.6 is 0 Å². The number of hydrogen-bond acceptors (Lipinski definition) is 6. The molecule has 3 aliphatic heterocycles. The van der Waals surface area contributed by atoms with E-state index in [1.165, 1.54) is 5.57 Å². The van der Waals surface area contributed by atoms with E-state index in [1.807, 2.05) is 21.6 Å². The molecule has 0 radical (unpaired) electrons. The Bertz CT molecular complexity index is 1150. The molecule has 2 saturated heterocycles. The Morgan fingerprint density at radius 2 is 1.97 bits per heavy atom. The van der Waals surface area contributed by atoms with Crippen molar-refractivity contribution in [1.29, 1.82) is 0 Å². The Labute approximate surface area is 212 Å². The average molecular weight is 497 g/mol. The highest BCUT2D eigenvalue weighted by Crippen LogP contribution is 2.48. The van der Waals surface area contributed by atoms with E-state index in [0.29, 0.717) is 62.5 Å². The van der Waals surface area contributed by atoms with Crippen LogP contribution in [-0.4, -0.2) is 83.8 Å². The molecule has 9 heteroatoms. The summed E-state index contributed by atoms with van der Waals surface area (Å²) in [5, 5.41) is 3.95. The van der Waals surface area contributed by atoms with E-state index in [9.17, 15) is 9.59 Å². The van der Waals surface area contributed by atoms with Gasteiger partial charge in [0.05, 0.1) is 36.8 Å². The molecule has 3 amide bonds. The van der Waals surface area contributed by atoms with Crippen molar-refractivity contribution in [3.8, 4) is 0 Å². The van der Waals surface area contributed by atoms with Crippen LogP contribution in [0.4, 0.5) is 4.79 Å². The molecule has 1 spiro atoms. The van der Waals surface area contributed by atoms with Crippen molar-refractivity contribution in [3.63, 3.8) is 0 Å². The predicted molar refractivity (Wildman–Crippen MR) is 133 cm³/mol. The molecule has 194 valence electrons. The second kappa shape index (κ2) is 9.10. The summed E-state index contributed by atoms with van der Waals surface area (Å²) in [5.41, 5.74) is 4.10. The zero-order chi connectivity index (χ0) is 25.8. The van der Waals surface area contributed by atoms with Gasteiger partial charge in [-0.15, -0.1) is 0 Å². The third kappa shape index (κ3) is 3.58. The first kappa shape index (κ1) is 24.6. The number of likely N-dealkylation sites (tertiary alicyclic amines) is 1. The van der Waals surface area contributed by atoms with Gasteiger partial charge in [0.25, 0.3) is 5.91 Å². The summed E-state index contributed by atoms with van der Waals surface area (Å²) in [6.07, 6.45) is 6.34. The van der Waals surface area contributed by atoms with E-state index in [0.717, 1.165) is 17.0 Å². The van der Waals surface area contributed by atoms with E-state index in [4.69, 9.17) is 14.0 Å². The van der Waals surface area contributed by atoms with Crippen LogP contribution in [0.25, 0.3) is 0 Å². The van der Waals surface area contributed by atoms with Crippen LogP contribution in [0.3, 0.4) is 0 Å². The number of likely N-dealkylation sites (N-methyl/N-ethyl adjacent to an activating group) is 1. The predicted octanol–water partition coefficient (Wildman–Crippen LogP) is 3.80. The lowest BCUT2D eigenvalue weighted by atomic mass is 9.80. The molecule has 0 saturated carbocycles. The SMILES string of the molecule is CCN1C(=O)N2CC3=C(C(OC)CC(OC)=C3)[C@@H](C)C=C2C12CCN(C(=O)c1c(C)noc1C)CC2. The summed E-state index contributed by atoms with van der Waals surface area (Å²) in [7, 11) is 3.41. The standard InChI is InChI=1S/C27H36N4O5/c1-7-31-26(33)30-15-19-13-20(34-5)14-21(35-6)23(19)16(2)12-22(30)27(31)8-10-29(11-9-27)25(32)24-17(3)28-36-18(24)4/h12-13,16,21H,7-11,14-15H2,1-6H3/t16-,21?/m0/s1. The van der Waals surface area contributed by atoms with Crippen LogP contribution in [0.15, 0.2) is 39.3 Å². The molecule has 1 unspecified atom stereocenters. The van der Waals surface area contributed by atoms with Gasteiger partial charge in [-0.25, -0.2) is 4.79 Å². The van der Waals surface area contributed by atoms with E-state index >= 15 is 0 Å². The van der Waals surface area contributed by atoms with Gasteiger partial charge in [0.2, 0.25) is 0 Å². The number of aromatic nitrogens is 1. The molecule has 4 heterocycles. The minimum atomic E-state index is -0.430. The number of piperidine rings is 1. The van der Waals surface area contributed by atoms with E-state index in [1.54, 1.807) is 28.1 Å². The Hall–Kier alpha value is -3.07. The lowest BCUT2D eigenvalue weighted by Gasteiger charge is -2.44. The minimum Gasteiger partial charge on any atom is -0.501 e. The summed E-state index contributed by atoms with van der Waals surface area (Å²) in [5.74, 6) is 1.48. The number of rotatable bonds is 4. The largest absolute Gasteiger partial charge is 0.501 e. The monoisotopic (exact) mass is 496 g/mol. The van der Waals surface area contributed by atoms with E-state index in [2.05, 4.69) is 24.2 Å². The third-order valence-corrected chi connectivity index (χ3v) is 8.40. The molecule has 5 rings (SSSR count). The Kier molecular flexibility index (Phi) is 6.22. The molecule has 0 N–H and O–H groups in total. The zero-order valence-corrected chi connectivity index (χ0v) is 22.1. The summed E-state index contributed by atoms with van der Waals surface area (Å²) in [6, 6.07) is 0.0297. The quantitative estimate of drug-likeness (QED) is 0.630. The average Bonchev–Trinajstić information content (AvgIpc) is 3.24. The molecular weight excluding hydrogens is 460 g/mol. The number of ether oxygens (including phenoxy) is 2. The van der Waals surface area contributed by atoms with Crippen molar-refractivity contribution < 1.29 is 23.6 Å². The van der Waals surface area contributed by atoms with Gasteiger partial charge in [-0.2, -0.15) is 0 Å². The van der Waals surface area contributed by atoms with Crippen molar-refractivity contribution in [2.45, 2.75) is 58.6 Å². The normalized spacial score (nSPS) is 25.5. The van der Waals surface area contributed by atoms with Gasteiger partial charge >= 0.3 is 6.03 Å². The summed E-state index contributed by atoms with van der Waals surface area (Å²) in [6.45, 7) is 10.0. The van der Waals surface area contributed by atoms with E-state index < -0.39 is 5.54 Å². The smallest absolute Gasteiger partial charge is 0.325 e. The first-order chi connectivity index (χ1) is 17.2. The zero-order valence-electron chi connectivity index (χ0n) is 22.1. The Balaban J connectivity index is 1.47. The van der Waals surface area contributed by atoms with Crippen molar-refractivity contribution >= 4 is 11.9 Å². The summed E-state index contributed by atoms with van der Waals surface area (Å²) < 4.78 is 16.7. The van der Waals surface area contributed by atoms with Gasteiger partial charge in [0.1, 0.15) is 11.3 Å². The molecule has 4 aliphatic rings. The van der Waals surface area contributed by atoms with Gasteiger partial charge in [-0.3, -0.25) is 9.69 Å². The topological polar surface area (TPSA) is 88.4 Å². The number of fused-ring (bicyclic) bond motifs is 2. The summed E-state index contributed by atoms with van der Waals surface area (Å²) in [4.78, 5) is 32.9. The first-order valence-corrected chi connectivity index (χ1v) is 12.8. The van der Waals surface area contributed by atoms with E-state index in [-0.39, 0.29) is 24.0 Å². The Morgan fingerprint density at radius 1 is 1.25 bits per heavy atom. The van der Waals surface area contributed by atoms with Crippen LogP contribution in [-0.2, 0) is 9.47 Å². The molecule has 36 heavy (non-hydrogen) atoms. The van der Waals surface area contributed by atoms with Crippen LogP contribution < -0.4 is 0 Å². The fourth-order valence-electron chi connectivity index (χ4n) is 6.62. The fraction of sp³-hybridized carbons (Fsp3) is 0.593. The molecule has 2 fully saturated rings. The maximum atomic E-state index is 13.8. The van der Waals surface area contributed by atoms with Crippen LogP contribution in [0.1, 0.15) is 54.9 Å². The van der Waals surface area contributed by atoms with Gasteiger partial charge in [-0.1, -0.05) is 18.2 Å². The molecule has 2 atom stereocenters. The van der Waals surface area contributed by atoms with Gasteiger partial charge < -0.3 is 23.8 Å². The maximum absolute atomic E-state index is 13.8. The second-order valence-corrected chi connectivity index (χ2v) is 10.2. The van der Waals surface area contributed by atoms with Crippen LogP contribution in [0.2, 0.25) is 0 Å². The first-order valence-electron chi connectivity index (χ1n) is 12.8. The molecule has 1 aromatic heterocycles. The molecule has 1 aliphatic carbocycles. The lowest BCUT2D eigenvalue weighted by Crippen LogP contribution is -2.54. The number of hydrogen-bond donors (Lipinski definition) is 0. The van der Waals surface area contributed by atoms with Crippen molar-refractivity contribution in [2.24, 2.45) is 5.92 Å². The van der Waals surface area contributed by atoms with Crippen molar-refractivity contribution in [3.05, 3.63) is 51.8 Å². The van der Waals surface area contributed by atoms with Gasteiger partial charge in [-0.05, 0) is 50.8 Å². The number of urea groups is 1. The second-order valence-electron chi connectivity index (χ2n) is 10.2. The number of carbonyl (C=O) groups is 2. The molecule has 0 aromatic carbocycles. The number of allylic oxidation sites excluding steroid dienone is 1. The molecule has 9 nitrogen and oxygen atoms in total. The van der Waals surface area contributed by atoms with Crippen LogP contribution in [0.5, 0.6) is 0 Å². The molecule has 0 bridgehead atoms. The highest BCUT2D eigenvalue weighted by Gasteiger charge is 2.55. The lowest BCUT2D eigenvalue weighted by molar-refractivity contribution is 0.0573. The minimum absolute atomic E-state index is 0.0297. The van der Waals surface area contributed by atoms with Crippen molar-refractivity contribution in [2.75, 3.05) is 40.4 Å². The summed E-state index contributed by atoms with van der Waals surface area (Å²) >= 11 is 0. The highest BCUT2D eigenvalue weighted by molar-refractivity contribution is 5.96. The fourth-order valence-corrected chi connectivity index (χ4v) is 6.62. The van der Waals surface area contributed by atoms with Gasteiger partial charge in [0.15, 0.2) is 0 Å². The van der Waals surface area contributed by atoms with Crippen molar-refractivity contribution in [1.82, 2.24) is 19.9 Å².